The highest BCUT2D eigenvalue weighted by atomic mass is 79.9. The van der Waals surface area contributed by atoms with Crippen molar-refractivity contribution in [1.82, 2.24) is 9.78 Å². The molecule has 0 aliphatic carbocycles. The lowest BCUT2D eigenvalue weighted by molar-refractivity contribution is 0.262. The molecule has 1 heterocycles. The molecule has 0 aliphatic heterocycles. The van der Waals surface area contributed by atoms with Crippen LogP contribution < -0.4 is 10.6 Å². The third-order valence-corrected chi connectivity index (χ3v) is 3.50. The Morgan fingerprint density at radius 1 is 1.40 bits per heavy atom. The number of aliphatic hydroxyl groups is 1. The molecule has 2 amide bonds. The molecule has 2 aromatic rings. The standard InChI is InChI=1S/C13H15BrN4O2/c1-9-2-3-10(6-12(9)14)16-13(20)17-11-7-15-18(8-11)4-5-19/h2-3,6-8,19H,4-5H2,1H3,(H2,16,17,20). The second-order valence-electron chi connectivity index (χ2n) is 4.26. The molecule has 6 nitrogen and oxygen atoms in total. The van der Waals surface area contributed by atoms with Crippen LogP contribution in [-0.2, 0) is 6.54 Å². The zero-order chi connectivity index (χ0) is 14.5. The lowest BCUT2D eigenvalue weighted by atomic mass is 10.2. The van der Waals surface area contributed by atoms with E-state index in [0.29, 0.717) is 17.9 Å². The SMILES string of the molecule is Cc1ccc(NC(=O)Nc2cnn(CCO)c2)cc1Br. The number of aliphatic hydroxyl groups excluding tert-OH is 1. The molecule has 0 spiro atoms. The Morgan fingerprint density at radius 2 is 2.15 bits per heavy atom. The molecule has 1 aromatic heterocycles. The summed E-state index contributed by atoms with van der Waals surface area (Å²) in [7, 11) is 0. The fourth-order valence-electron chi connectivity index (χ4n) is 1.62. The van der Waals surface area contributed by atoms with Crippen molar-refractivity contribution in [2.24, 2.45) is 0 Å². The second-order valence-corrected chi connectivity index (χ2v) is 5.11. The fourth-order valence-corrected chi connectivity index (χ4v) is 2.00. The van der Waals surface area contributed by atoms with Gasteiger partial charge in [0.2, 0.25) is 0 Å². The van der Waals surface area contributed by atoms with Crippen LogP contribution in [0.25, 0.3) is 0 Å². The third-order valence-electron chi connectivity index (χ3n) is 2.65. The molecular formula is C13H15BrN4O2. The van der Waals surface area contributed by atoms with Crippen LogP contribution in [0.4, 0.5) is 16.2 Å². The van der Waals surface area contributed by atoms with Gasteiger partial charge >= 0.3 is 6.03 Å². The van der Waals surface area contributed by atoms with E-state index in [1.54, 1.807) is 10.9 Å². The summed E-state index contributed by atoms with van der Waals surface area (Å²) in [5.74, 6) is 0. The normalized spacial score (nSPS) is 10.3. The summed E-state index contributed by atoms with van der Waals surface area (Å²) in [5, 5.41) is 18.2. The van der Waals surface area contributed by atoms with Gasteiger partial charge < -0.3 is 15.7 Å². The summed E-state index contributed by atoms with van der Waals surface area (Å²) in [6.07, 6.45) is 3.18. The summed E-state index contributed by atoms with van der Waals surface area (Å²) in [6, 6.07) is 5.24. The van der Waals surface area contributed by atoms with E-state index in [1.807, 2.05) is 25.1 Å². The number of hydrogen-bond donors (Lipinski definition) is 3. The zero-order valence-corrected chi connectivity index (χ0v) is 12.5. The number of hydrogen-bond acceptors (Lipinski definition) is 3. The minimum atomic E-state index is -0.343. The Labute approximate surface area is 124 Å². The maximum Gasteiger partial charge on any atom is 0.323 e. The molecule has 7 heteroatoms. The van der Waals surface area contributed by atoms with Gasteiger partial charge in [0.05, 0.1) is 25.0 Å². The number of benzene rings is 1. The number of nitrogens with one attached hydrogen (secondary N) is 2. The van der Waals surface area contributed by atoms with Crippen molar-refractivity contribution in [1.29, 1.82) is 0 Å². The van der Waals surface area contributed by atoms with Crippen LogP contribution in [-0.4, -0.2) is 27.5 Å². The van der Waals surface area contributed by atoms with Crippen molar-refractivity contribution in [3.8, 4) is 0 Å². The highest BCUT2D eigenvalue weighted by Gasteiger charge is 2.05. The van der Waals surface area contributed by atoms with Crippen LogP contribution in [0.3, 0.4) is 0 Å². The number of amides is 2. The number of aryl methyl sites for hydroxylation is 1. The first-order valence-corrected chi connectivity index (χ1v) is 6.85. The Hall–Kier alpha value is -1.86. The van der Waals surface area contributed by atoms with Crippen LogP contribution in [0.1, 0.15) is 5.56 Å². The largest absolute Gasteiger partial charge is 0.394 e. The molecular weight excluding hydrogens is 324 g/mol. The third kappa shape index (κ3) is 3.82. The smallest absolute Gasteiger partial charge is 0.323 e. The number of anilines is 2. The second kappa shape index (κ2) is 6.53. The highest BCUT2D eigenvalue weighted by Crippen LogP contribution is 2.20. The van der Waals surface area contributed by atoms with E-state index in [9.17, 15) is 4.79 Å². The highest BCUT2D eigenvalue weighted by molar-refractivity contribution is 9.10. The molecule has 0 unspecified atom stereocenters. The monoisotopic (exact) mass is 338 g/mol. The summed E-state index contributed by atoms with van der Waals surface area (Å²) in [6.45, 7) is 2.38. The molecule has 0 aliphatic rings. The molecule has 0 saturated heterocycles. The molecule has 1 aromatic carbocycles. The molecule has 0 bridgehead atoms. The number of aromatic nitrogens is 2. The van der Waals surface area contributed by atoms with E-state index < -0.39 is 0 Å². The van der Waals surface area contributed by atoms with E-state index in [4.69, 9.17) is 5.11 Å². The Bertz CT molecular complexity index is 612. The van der Waals surface area contributed by atoms with E-state index in [0.717, 1.165) is 10.0 Å². The van der Waals surface area contributed by atoms with Crippen molar-refractivity contribution in [2.75, 3.05) is 17.2 Å². The molecule has 20 heavy (non-hydrogen) atoms. The van der Waals surface area contributed by atoms with Gasteiger partial charge in [0, 0.05) is 16.4 Å². The van der Waals surface area contributed by atoms with Gasteiger partial charge in [-0.3, -0.25) is 4.68 Å². The predicted molar refractivity (Wildman–Crippen MR) is 80.8 cm³/mol. The number of urea groups is 1. The van der Waals surface area contributed by atoms with Gasteiger partial charge in [-0.1, -0.05) is 22.0 Å². The lowest BCUT2D eigenvalue weighted by Gasteiger charge is -2.07. The van der Waals surface area contributed by atoms with Crippen molar-refractivity contribution in [2.45, 2.75) is 13.5 Å². The first kappa shape index (κ1) is 14.5. The van der Waals surface area contributed by atoms with E-state index >= 15 is 0 Å². The minimum Gasteiger partial charge on any atom is -0.394 e. The van der Waals surface area contributed by atoms with Crippen molar-refractivity contribution in [3.05, 3.63) is 40.6 Å². The Morgan fingerprint density at radius 3 is 2.85 bits per heavy atom. The number of nitrogens with zero attached hydrogens (tertiary/aromatic N) is 2. The predicted octanol–water partition coefficient (Wildman–Crippen LogP) is 2.59. The minimum absolute atomic E-state index is 0.00467. The van der Waals surface area contributed by atoms with Gasteiger partial charge in [0.25, 0.3) is 0 Å². The fraction of sp³-hybridized carbons (Fsp3) is 0.231. The Kier molecular flexibility index (Phi) is 4.75. The van der Waals surface area contributed by atoms with Crippen LogP contribution in [0.5, 0.6) is 0 Å². The average molecular weight is 339 g/mol. The topological polar surface area (TPSA) is 79.2 Å². The van der Waals surface area contributed by atoms with Crippen molar-refractivity contribution < 1.29 is 9.90 Å². The number of carbonyl (C=O) groups excluding carboxylic acids is 1. The van der Waals surface area contributed by atoms with Gasteiger partial charge in [0.1, 0.15) is 0 Å². The van der Waals surface area contributed by atoms with E-state index in [2.05, 4.69) is 31.7 Å². The summed E-state index contributed by atoms with van der Waals surface area (Å²) in [5.41, 5.74) is 2.37. The van der Waals surface area contributed by atoms with Gasteiger partial charge in [-0.25, -0.2) is 4.79 Å². The first-order valence-electron chi connectivity index (χ1n) is 6.06. The lowest BCUT2D eigenvalue weighted by Crippen LogP contribution is -2.19. The molecule has 3 N–H and O–H groups in total. The average Bonchev–Trinajstić information content (AvgIpc) is 2.81. The number of carbonyl (C=O) groups is 1. The molecule has 0 radical (unpaired) electrons. The van der Waals surface area contributed by atoms with Gasteiger partial charge in [-0.2, -0.15) is 5.10 Å². The van der Waals surface area contributed by atoms with E-state index in [-0.39, 0.29) is 12.6 Å². The molecule has 2 rings (SSSR count). The van der Waals surface area contributed by atoms with E-state index in [1.165, 1.54) is 6.20 Å². The van der Waals surface area contributed by atoms with Crippen LogP contribution in [0.15, 0.2) is 35.1 Å². The van der Waals surface area contributed by atoms with Crippen LogP contribution in [0.2, 0.25) is 0 Å². The maximum atomic E-state index is 11.8. The zero-order valence-electron chi connectivity index (χ0n) is 10.9. The molecule has 0 saturated carbocycles. The van der Waals surface area contributed by atoms with Gasteiger partial charge in [0.15, 0.2) is 0 Å². The number of halogens is 1. The quantitative estimate of drug-likeness (QED) is 0.801. The van der Waals surface area contributed by atoms with Crippen molar-refractivity contribution in [3.63, 3.8) is 0 Å². The molecule has 106 valence electrons. The Balaban J connectivity index is 1.95. The number of rotatable bonds is 4. The van der Waals surface area contributed by atoms with Gasteiger partial charge in [-0.15, -0.1) is 0 Å². The maximum absolute atomic E-state index is 11.8. The first-order chi connectivity index (χ1) is 9.58. The molecule has 0 fully saturated rings. The van der Waals surface area contributed by atoms with Crippen molar-refractivity contribution >= 4 is 33.3 Å². The van der Waals surface area contributed by atoms with Gasteiger partial charge in [-0.05, 0) is 24.6 Å². The van der Waals surface area contributed by atoms with Crippen LogP contribution >= 0.6 is 15.9 Å². The summed E-state index contributed by atoms with van der Waals surface area (Å²) in [4.78, 5) is 11.8. The summed E-state index contributed by atoms with van der Waals surface area (Å²) >= 11 is 3.41. The summed E-state index contributed by atoms with van der Waals surface area (Å²) < 4.78 is 2.49. The van der Waals surface area contributed by atoms with Crippen LogP contribution in [0, 0.1) is 6.92 Å². The molecule has 0 atom stereocenters.